The van der Waals surface area contributed by atoms with Crippen LogP contribution in [-0.2, 0) is 4.74 Å². The maximum atomic E-state index is 5.01. The molecule has 0 heterocycles. The molecule has 0 saturated carbocycles. The van der Waals surface area contributed by atoms with Gasteiger partial charge in [-0.3, -0.25) is 0 Å². The third kappa shape index (κ3) is 13.9. The first-order valence-electron chi connectivity index (χ1n) is 6.97. The van der Waals surface area contributed by atoms with E-state index in [1.165, 1.54) is 51.5 Å². The van der Waals surface area contributed by atoms with Gasteiger partial charge in [0.1, 0.15) is 0 Å². The summed E-state index contributed by atoms with van der Waals surface area (Å²) in [4.78, 5) is 0. The van der Waals surface area contributed by atoms with Crippen molar-refractivity contribution in [2.24, 2.45) is 5.92 Å². The fourth-order valence-electron chi connectivity index (χ4n) is 1.78. The van der Waals surface area contributed by atoms with Gasteiger partial charge < -0.3 is 10.1 Å². The highest BCUT2D eigenvalue weighted by Crippen LogP contribution is 2.08. The molecular weight excluding hydrogens is 198 g/mol. The topological polar surface area (TPSA) is 21.3 Å². The van der Waals surface area contributed by atoms with Gasteiger partial charge >= 0.3 is 0 Å². The van der Waals surface area contributed by atoms with Gasteiger partial charge in [-0.25, -0.2) is 0 Å². The molecule has 0 aromatic rings. The molecule has 0 aliphatic carbocycles. The lowest BCUT2D eigenvalue weighted by atomic mass is 10.0. The molecule has 0 spiro atoms. The lowest BCUT2D eigenvalue weighted by molar-refractivity contribution is 0.192. The molecule has 0 aromatic carbocycles. The Labute approximate surface area is 102 Å². The quantitative estimate of drug-likeness (QED) is 0.516. The summed E-state index contributed by atoms with van der Waals surface area (Å²) in [5.74, 6) is 0.874. The molecule has 0 amide bonds. The van der Waals surface area contributed by atoms with E-state index in [0.717, 1.165) is 19.1 Å². The Hall–Kier alpha value is -0.0800. The number of hydrogen-bond acceptors (Lipinski definition) is 2. The van der Waals surface area contributed by atoms with Crippen LogP contribution >= 0.6 is 0 Å². The van der Waals surface area contributed by atoms with Crippen LogP contribution in [0.25, 0.3) is 0 Å². The molecule has 0 aliphatic rings. The van der Waals surface area contributed by atoms with Gasteiger partial charge in [-0.2, -0.15) is 0 Å². The molecule has 0 radical (unpaired) electrons. The second kappa shape index (κ2) is 13.0. The van der Waals surface area contributed by atoms with Gasteiger partial charge in [0.25, 0.3) is 0 Å². The SMILES string of the molecule is COCCCCNCCCCCCC(C)C. The molecule has 0 aromatic heterocycles. The number of nitrogens with one attached hydrogen (secondary N) is 1. The minimum Gasteiger partial charge on any atom is -0.385 e. The highest BCUT2D eigenvalue weighted by atomic mass is 16.5. The van der Waals surface area contributed by atoms with E-state index in [4.69, 9.17) is 4.74 Å². The van der Waals surface area contributed by atoms with Crippen LogP contribution < -0.4 is 5.32 Å². The van der Waals surface area contributed by atoms with Gasteiger partial charge in [0.15, 0.2) is 0 Å². The maximum absolute atomic E-state index is 5.01. The van der Waals surface area contributed by atoms with Gasteiger partial charge in [-0.05, 0) is 38.3 Å². The summed E-state index contributed by atoms with van der Waals surface area (Å²) in [5, 5.41) is 3.49. The van der Waals surface area contributed by atoms with Crippen LogP contribution in [-0.4, -0.2) is 26.8 Å². The molecule has 2 nitrogen and oxygen atoms in total. The predicted octanol–water partition coefficient (Wildman–Crippen LogP) is 3.61. The average molecular weight is 229 g/mol. The number of rotatable bonds is 12. The van der Waals surface area contributed by atoms with E-state index in [0.29, 0.717) is 0 Å². The molecule has 0 atom stereocenters. The van der Waals surface area contributed by atoms with E-state index in [1.54, 1.807) is 7.11 Å². The number of ether oxygens (including phenoxy) is 1. The van der Waals surface area contributed by atoms with Gasteiger partial charge in [-0.1, -0.05) is 39.5 Å². The van der Waals surface area contributed by atoms with E-state index < -0.39 is 0 Å². The third-order valence-electron chi connectivity index (χ3n) is 2.84. The highest BCUT2D eigenvalue weighted by Gasteiger charge is 1.94. The van der Waals surface area contributed by atoms with Crippen LogP contribution in [0, 0.1) is 5.92 Å². The fraction of sp³-hybridized carbons (Fsp3) is 1.00. The summed E-state index contributed by atoms with van der Waals surface area (Å²) < 4.78 is 5.01. The standard InChI is InChI=1S/C14H31NO/c1-14(2)10-6-4-5-7-11-15-12-8-9-13-16-3/h14-15H,4-13H2,1-3H3. The number of hydrogen-bond donors (Lipinski definition) is 1. The Morgan fingerprint density at radius 1 is 0.875 bits per heavy atom. The smallest absolute Gasteiger partial charge is 0.0462 e. The van der Waals surface area contributed by atoms with Crippen molar-refractivity contribution in [2.45, 2.75) is 58.8 Å². The van der Waals surface area contributed by atoms with Crippen molar-refractivity contribution in [3.63, 3.8) is 0 Å². The Balaban J connectivity index is 2.88. The summed E-state index contributed by atoms with van der Waals surface area (Å²) >= 11 is 0. The van der Waals surface area contributed by atoms with Crippen molar-refractivity contribution in [1.82, 2.24) is 5.32 Å². The Morgan fingerprint density at radius 2 is 1.50 bits per heavy atom. The van der Waals surface area contributed by atoms with Crippen LogP contribution in [0.15, 0.2) is 0 Å². The second-order valence-electron chi connectivity index (χ2n) is 5.05. The van der Waals surface area contributed by atoms with Gasteiger partial charge in [0, 0.05) is 13.7 Å². The summed E-state index contributed by atoms with van der Waals surface area (Å²) in [7, 11) is 1.77. The molecule has 98 valence electrons. The Morgan fingerprint density at radius 3 is 2.12 bits per heavy atom. The molecule has 2 heteroatoms. The van der Waals surface area contributed by atoms with E-state index in [-0.39, 0.29) is 0 Å². The first-order chi connectivity index (χ1) is 7.77. The third-order valence-corrected chi connectivity index (χ3v) is 2.84. The van der Waals surface area contributed by atoms with Crippen LogP contribution in [0.1, 0.15) is 58.8 Å². The minimum atomic E-state index is 0.874. The Bertz CT molecular complexity index is 126. The molecular formula is C14H31NO. The Kier molecular flexibility index (Phi) is 12.9. The average Bonchev–Trinajstić information content (AvgIpc) is 2.25. The summed E-state index contributed by atoms with van der Waals surface area (Å²) in [6, 6.07) is 0. The van der Waals surface area contributed by atoms with Crippen LogP contribution in [0.2, 0.25) is 0 Å². The molecule has 1 N–H and O–H groups in total. The van der Waals surface area contributed by atoms with E-state index >= 15 is 0 Å². The number of methoxy groups -OCH3 is 1. The lowest BCUT2D eigenvalue weighted by Crippen LogP contribution is -2.16. The summed E-state index contributed by atoms with van der Waals surface area (Å²) in [5.41, 5.74) is 0. The van der Waals surface area contributed by atoms with Crippen LogP contribution in [0.5, 0.6) is 0 Å². The normalized spacial score (nSPS) is 11.2. The van der Waals surface area contributed by atoms with Crippen molar-refractivity contribution in [3.05, 3.63) is 0 Å². The second-order valence-corrected chi connectivity index (χ2v) is 5.05. The van der Waals surface area contributed by atoms with E-state index in [9.17, 15) is 0 Å². The molecule has 0 rings (SSSR count). The molecule has 0 saturated heterocycles. The summed E-state index contributed by atoms with van der Waals surface area (Å²) in [6.07, 6.45) is 9.35. The summed E-state index contributed by atoms with van der Waals surface area (Å²) in [6.45, 7) is 7.85. The zero-order valence-electron chi connectivity index (χ0n) is 11.6. The first kappa shape index (κ1) is 15.9. The van der Waals surface area contributed by atoms with Crippen LogP contribution in [0.4, 0.5) is 0 Å². The molecule has 0 unspecified atom stereocenters. The molecule has 0 aliphatic heterocycles. The molecule has 0 fully saturated rings. The van der Waals surface area contributed by atoms with E-state index in [1.807, 2.05) is 0 Å². The first-order valence-corrected chi connectivity index (χ1v) is 6.97. The van der Waals surface area contributed by atoms with E-state index in [2.05, 4.69) is 19.2 Å². The zero-order chi connectivity index (χ0) is 12.1. The molecule has 0 bridgehead atoms. The van der Waals surface area contributed by atoms with Crippen molar-refractivity contribution in [3.8, 4) is 0 Å². The van der Waals surface area contributed by atoms with Gasteiger partial charge in [-0.15, -0.1) is 0 Å². The molecule has 16 heavy (non-hydrogen) atoms. The predicted molar refractivity (Wildman–Crippen MR) is 71.9 cm³/mol. The largest absolute Gasteiger partial charge is 0.385 e. The lowest BCUT2D eigenvalue weighted by Gasteiger charge is -2.05. The van der Waals surface area contributed by atoms with Crippen LogP contribution in [0.3, 0.4) is 0 Å². The number of unbranched alkanes of at least 4 members (excludes halogenated alkanes) is 4. The van der Waals surface area contributed by atoms with Crippen molar-refractivity contribution < 1.29 is 4.74 Å². The minimum absolute atomic E-state index is 0.874. The van der Waals surface area contributed by atoms with Gasteiger partial charge in [0.2, 0.25) is 0 Å². The monoisotopic (exact) mass is 229 g/mol. The van der Waals surface area contributed by atoms with Crippen molar-refractivity contribution >= 4 is 0 Å². The maximum Gasteiger partial charge on any atom is 0.0462 e. The van der Waals surface area contributed by atoms with Crippen molar-refractivity contribution in [1.29, 1.82) is 0 Å². The zero-order valence-corrected chi connectivity index (χ0v) is 11.6. The van der Waals surface area contributed by atoms with Gasteiger partial charge in [0.05, 0.1) is 0 Å². The fourth-order valence-corrected chi connectivity index (χ4v) is 1.78. The van der Waals surface area contributed by atoms with Crippen molar-refractivity contribution in [2.75, 3.05) is 26.8 Å². The highest BCUT2D eigenvalue weighted by molar-refractivity contribution is 4.51.